The SMILES string of the molecule is Cc1nn(CCC#N)cc1C=NNc1ccccc1. The van der Waals surface area contributed by atoms with Gasteiger partial charge in [0.15, 0.2) is 0 Å². The Morgan fingerprint density at radius 2 is 2.21 bits per heavy atom. The zero-order valence-electron chi connectivity index (χ0n) is 10.7. The van der Waals surface area contributed by atoms with E-state index in [0.29, 0.717) is 13.0 Å². The van der Waals surface area contributed by atoms with Crippen LogP contribution in [0.1, 0.15) is 17.7 Å². The number of nitrogens with zero attached hydrogens (tertiary/aromatic N) is 4. The van der Waals surface area contributed by atoms with Crippen molar-refractivity contribution in [3.05, 3.63) is 47.8 Å². The predicted molar refractivity (Wildman–Crippen MR) is 74.9 cm³/mol. The van der Waals surface area contributed by atoms with Gasteiger partial charge >= 0.3 is 0 Å². The van der Waals surface area contributed by atoms with E-state index in [4.69, 9.17) is 5.26 Å². The molecule has 0 saturated carbocycles. The van der Waals surface area contributed by atoms with Gasteiger partial charge in [0.1, 0.15) is 0 Å². The monoisotopic (exact) mass is 253 g/mol. The van der Waals surface area contributed by atoms with Gasteiger partial charge in [-0.15, -0.1) is 0 Å². The lowest BCUT2D eigenvalue weighted by atomic mass is 10.3. The highest BCUT2D eigenvalue weighted by Gasteiger charge is 2.01. The molecule has 0 atom stereocenters. The lowest BCUT2D eigenvalue weighted by molar-refractivity contribution is 0.622. The first kappa shape index (κ1) is 12.8. The van der Waals surface area contributed by atoms with Crippen LogP contribution in [0.2, 0.25) is 0 Å². The van der Waals surface area contributed by atoms with Gasteiger partial charge in [0.2, 0.25) is 0 Å². The van der Waals surface area contributed by atoms with Crippen molar-refractivity contribution in [3.63, 3.8) is 0 Å². The lowest BCUT2D eigenvalue weighted by Gasteiger charge is -1.97. The van der Waals surface area contributed by atoms with Crippen LogP contribution in [0.4, 0.5) is 5.69 Å². The first-order valence-electron chi connectivity index (χ1n) is 6.05. The topological polar surface area (TPSA) is 66.0 Å². The molecule has 0 bridgehead atoms. The maximum absolute atomic E-state index is 8.54. The minimum absolute atomic E-state index is 0.458. The second-order valence-electron chi connectivity index (χ2n) is 4.08. The zero-order chi connectivity index (χ0) is 13.5. The van der Waals surface area contributed by atoms with Crippen LogP contribution in [0.5, 0.6) is 0 Å². The first-order valence-corrected chi connectivity index (χ1v) is 6.05. The van der Waals surface area contributed by atoms with Crippen molar-refractivity contribution in [1.29, 1.82) is 5.26 Å². The molecule has 0 amide bonds. The average Bonchev–Trinajstić information content (AvgIpc) is 2.78. The number of anilines is 1. The van der Waals surface area contributed by atoms with Gasteiger partial charge < -0.3 is 0 Å². The standard InChI is InChI=1S/C14H15N5/c1-12-13(11-19(18-12)9-5-8-15)10-16-17-14-6-3-2-4-7-14/h2-4,6-7,10-11,17H,5,9H2,1H3. The van der Waals surface area contributed by atoms with E-state index in [-0.39, 0.29) is 0 Å². The number of benzene rings is 1. The Labute approximate surface area is 112 Å². The second kappa shape index (κ2) is 6.36. The summed E-state index contributed by atoms with van der Waals surface area (Å²) in [6.07, 6.45) is 4.08. The highest BCUT2D eigenvalue weighted by Crippen LogP contribution is 2.06. The molecule has 2 rings (SSSR count). The molecule has 2 aromatic rings. The largest absolute Gasteiger partial charge is 0.279 e. The Bertz CT molecular complexity index is 592. The van der Waals surface area contributed by atoms with Gasteiger partial charge in [-0.25, -0.2) is 0 Å². The second-order valence-corrected chi connectivity index (χ2v) is 4.08. The van der Waals surface area contributed by atoms with E-state index in [0.717, 1.165) is 16.9 Å². The third-order valence-corrected chi connectivity index (χ3v) is 2.61. The number of rotatable bonds is 5. The van der Waals surface area contributed by atoms with Crippen LogP contribution in [-0.4, -0.2) is 16.0 Å². The first-order chi connectivity index (χ1) is 9.29. The zero-order valence-corrected chi connectivity index (χ0v) is 10.7. The van der Waals surface area contributed by atoms with Crippen LogP contribution >= 0.6 is 0 Å². The maximum atomic E-state index is 8.54. The van der Waals surface area contributed by atoms with Gasteiger partial charge in [-0.2, -0.15) is 15.5 Å². The summed E-state index contributed by atoms with van der Waals surface area (Å²) < 4.78 is 1.77. The third kappa shape index (κ3) is 3.68. The Morgan fingerprint density at radius 3 is 2.95 bits per heavy atom. The number of hydrogen-bond donors (Lipinski definition) is 1. The van der Waals surface area contributed by atoms with Gasteiger partial charge in [0, 0.05) is 11.8 Å². The minimum Gasteiger partial charge on any atom is -0.279 e. The number of para-hydroxylation sites is 1. The molecular formula is C14H15N5. The molecule has 0 aliphatic heterocycles. The Hall–Kier alpha value is -2.61. The molecule has 5 nitrogen and oxygen atoms in total. The van der Waals surface area contributed by atoms with Crippen LogP contribution in [0.25, 0.3) is 0 Å². The Balaban J connectivity index is 1.99. The van der Waals surface area contributed by atoms with E-state index in [1.807, 2.05) is 43.5 Å². The van der Waals surface area contributed by atoms with Crippen LogP contribution in [0.3, 0.4) is 0 Å². The fourth-order valence-electron chi connectivity index (χ4n) is 1.63. The van der Waals surface area contributed by atoms with Crippen molar-refractivity contribution < 1.29 is 0 Å². The molecule has 96 valence electrons. The third-order valence-electron chi connectivity index (χ3n) is 2.61. The van der Waals surface area contributed by atoms with E-state index in [2.05, 4.69) is 21.7 Å². The van der Waals surface area contributed by atoms with Crippen molar-refractivity contribution in [1.82, 2.24) is 9.78 Å². The van der Waals surface area contributed by atoms with E-state index < -0.39 is 0 Å². The molecule has 0 unspecified atom stereocenters. The Kier molecular flexibility index (Phi) is 4.29. The fourth-order valence-corrected chi connectivity index (χ4v) is 1.63. The molecule has 0 radical (unpaired) electrons. The molecule has 1 aromatic carbocycles. The van der Waals surface area contributed by atoms with E-state index in [1.54, 1.807) is 10.9 Å². The molecule has 0 aliphatic carbocycles. The molecular weight excluding hydrogens is 238 g/mol. The highest BCUT2D eigenvalue weighted by molar-refractivity contribution is 5.81. The number of aryl methyl sites for hydroxylation is 2. The summed E-state index contributed by atoms with van der Waals surface area (Å²) in [6, 6.07) is 11.8. The normalized spacial score (nSPS) is 10.5. The number of aromatic nitrogens is 2. The number of nitrogens with one attached hydrogen (secondary N) is 1. The van der Waals surface area contributed by atoms with Gasteiger partial charge in [-0.05, 0) is 19.1 Å². The smallest absolute Gasteiger partial charge is 0.0682 e. The molecule has 1 aromatic heterocycles. The average molecular weight is 253 g/mol. The fraction of sp³-hybridized carbons (Fsp3) is 0.214. The molecule has 1 heterocycles. The number of nitriles is 1. The van der Waals surface area contributed by atoms with E-state index in [1.165, 1.54) is 0 Å². The van der Waals surface area contributed by atoms with Crippen LogP contribution in [0, 0.1) is 18.3 Å². The van der Waals surface area contributed by atoms with Crippen molar-refractivity contribution in [3.8, 4) is 6.07 Å². The summed E-state index contributed by atoms with van der Waals surface area (Å²) in [5, 5.41) is 17.0. The summed E-state index contributed by atoms with van der Waals surface area (Å²) in [6.45, 7) is 2.53. The van der Waals surface area contributed by atoms with E-state index >= 15 is 0 Å². The summed E-state index contributed by atoms with van der Waals surface area (Å²) in [5.74, 6) is 0. The van der Waals surface area contributed by atoms with Crippen molar-refractivity contribution in [2.24, 2.45) is 5.10 Å². The Morgan fingerprint density at radius 1 is 1.42 bits per heavy atom. The molecule has 0 spiro atoms. The predicted octanol–water partition coefficient (Wildman–Crippen LogP) is 2.55. The quantitative estimate of drug-likeness (QED) is 0.657. The molecule has 0 aliphatic rings. The molecule has 1 N–H and O–H groups in total. The van der Waals surface area contributed by atoms with Crippen molar-refractivity contribution >= 4 is 11.9 Å². The van der Waals surface area contributed by atoms with Crippen LogP contribution in [-0.2, 0) is 6.54 Å². The number of hydrazone groups is 1. The maximum Gasteiger partial charge on any atom is 0.0682 e. The molecule has 19 heavy (non-hydrogen) atoms. The summed E-state index contributed by atoms with van der Waals surface area (Å²) in [4.78, 5) is 0. The van der Waals surface area contributed by atoms with Gasteiger partial charge in [-0.3, -0.25) is 10.1 Å². The summed E-state index contributed by atoms with van der Waals surface area (Å²) in [7, 11) is 0. The molecule has 0 saturated heterocycles. The van der Waals surface area contributed by atoms with Crippen molar-refractivity contribution in [2.75, 3.05) is 5.43 Å². The summed E-state index contributed by atoms with van der Waals surface area (Å²) in [5.41, 5.74) is 5.74. The molecule has 0 fully saturated rings. The van der Waals surface area contributed by atoms with Crippen LogP contribution in [0.15, 0.2) is 41.6 Å². The van der Waals surface area contributed by atoms with Crippen LogP contribution < -0.4 is 5.43 Å². The molecule has 5 heteroatoms. The van der Waals surface area contributed by atoms with E-state index in [9.17, 15) is 0 Å². The van der Waals surface area contributed by atoms with Crippen molar-refractivity contribution in [2.45, 2.75) is 19.9 Å². The summed E-state index contributed by atoms with van der Waals surface area (Å²) >= 11 is 0. The van der Waals surface area contributed by atoms with Gasteiger partial charge in [-0.1, -0.05) is 18.2 Å². The van der Waals surface area contributed by atoms with Gasteiger partial charge in [0.05, 0.1) is 36.6 Å². The minimum atomic E-state index is 0.458. The van der Waals surface area contributed by atoms with Gasteiger partial charge in [0.25, 0.3) is 0 Å². The number of hydrogen-bond acceptors (Lipinski definition) is 4. The highest BCUT2D eigenvalue weighted by atomic mass is 15.3. The lowest BCUT2D eigenvalue weighted by Crippen LogP contribution is -1.97.